The van der Waals surface area contributed by atoms with Crippen LogP contribution >= 0.6 is 11.3 Å². The van der Waals surface area contributed by atoms with Crippen LogP contribution in [0.4, 0.5) is 5.00 Å². The molecule has 1 aliphatic heterocycles. The van der Waals surface area contributed by atoms with Gasteiger partial charge >= 0.3 is 11.9 Å². The molecule has 8 heteroatoms. The lowest BCUT2D eigenvalue weighted by Crippen LogP contribution is -3.14. The van der Waals surface area contributed by atoms with E-state index in [1.165, 1.54) is 18.4 Å². The minimum absolute atomic E-state index is 0.150. The number of hydrogen-bond acceptors (Lipinski definition) is 6. The molecule has 1 unspecified atom stereocenters. The number of thiophene rings is 1. The van der Waals surface area contributed by atoms with E-state index in [2.05, 4.69) is 5.32 Å². The SMILES string of the molecule is CCOC(=O)[C@H]1CCC[NH+](CC(=O)Nc2sc(C)c(C)c2C(=O)OC)C1. The fourth-order valence-electron chi connectivity index (χ4n) is 3.23. The summed E-state index contributed by atoms with van der Waals surface area (Å²) < 4.78 is 9.92. The molecule has 0 bridgehead atoms. The zero-order chi connectivity index (χ0) is 19.3. The summed E-state index contributed by atoms with van der Waals surface area (Å²) in [7, 11) is 1.33. The van der Waals surface area contributed by atoms with E-state index in [1.807, 2.05) is 13.8 Å². The number of carbonyl (C=O) groups excluding carboxylic acids is 3. The van der Waals surface area contributed by atoms with Crippen molar-refractivity contribution in [2.24, 2.45) is 5.92 Å². The molecule has 1 aromatic heterocycles. The number of esters is 2. The van der Waals surface area contributed by atoms with Crippen LogP contribution in [0.2, 0.25) is 0 Å². The third kappa shape index (κ3) is 4.82. The molecule has 1 aromatic rings. The Morgan fingerprint density at radius 1 is 1.31 bits per heavy atom. The lowest BCUT2D eigenvalue weighted by Gasteiger charge is -2.28. The van der Waals surface area contributed by atoms with Gasteiger partial charge in [0.05, 0.1) is 32.4 Å². The normalized spacial score (nSPS) is 19.7. The van der Waals surface area contributed by atoms with E-state index in [0.29, 0.717) is 23.7 Å². The fraction of sp³-hybridized carbons (Fsp3) is 0.611. The van der Waals surface area contributed by atoms with Gasteiger partial charge in [-0.3, -0.25) is 9.59 Å². The number of hydrogen-bond donors (Lipinski definition) is 2. The van der Waals surface area contributed by atoms with Crippen LogP contribution in [0, 0.1) is 19.8 Å². The molecular weight excluding hydrogens is 356 g/mol. The van der Waals surface area contributed by atoms with Gasteiger partial charge in [0.25, 0.3) is 5.91 Å². The molecule has 1 fully saturated rings. The minimum Gasteiger partial charge on any atom is -0.466 e. The first-order valence-electron chi connectivity index (χ1n) is 8.85. The second-order valence-electron chi connectivity index (χ2n) is 6.50. The molecule has 0 spiro atoms. The number of methoxy groups -OCH3 is 1. The standard InChI is InChI=1S/C18H26N2O5S/c1-5-25-17(22)13-7-6-8-20(9-13)10-14(21)19-16-15(18(23)24-4)11(2)12(3)26-16/h13H,5-10H2,1-4H3,(H,19,21)/p+1/t13-/m0/s1. The van der Waals surface area contributed by atoms with Gasteiger partial charge in [0.1, 0.15) is 10.9 Å². The van der Waals surface area contributed by atoms with E-state index < -0.39 is 5.97 Å². The number of amides is 1. The van der Waals surface area contributed by atoms with Gasteiger partial charge in [0, 0.05) is 4.88 Å². The lowest BCUT2D eigenvalue weighted by molar-refractivity contribution is -0.899. The number of carbonyl (C=O) groups is 3. The zero-order valence-corrected chi connectivity index (χ0v) is 16.6. The molecule has 0 saturated carbocycles. The van der Waals surface area contributed by atoms with Gasteiger partial charge in [-0.15, -0.1) is 11.3 Å². The van der Waals surface area contributed by atoms with E-state index in [1.54, 1.807) is 6.92 Å². The highest BCUT2D eigenvalue weighted by atomic mass is 32.1. The van der Waals surface area contributed by atoms with Crippen molar-refractivity contribution in [3.05, 3.63) is 16.0 Å². The van der Waals surface area contributed by atoms with Crippen molar-refractivity contribution in [3.63, 3.8) is 0 Å². The van der Waals surface area contributed by atoms with Crippen molar-refractivity contribution in [2.75, 3.05) is 38.7 Å². The summed E-state index contributed by atoms with van der Waals surface area (Å²) in [6.45, 7) is 7.61. The molecule has 26 heavy (non-hydrogen) atoms. The molecular formula is C18H27N2O5S+. The van der Waals surface area contributed by atoms with Crippen LogP contribution in [0.15, 0.2) is 0 Å². The summed E-state index contributed by atoms with van der Waals surface area (Å²) >= 11 is 1.37. The Hall–Kier alpha value is -1.93. The van der Waals surface area contributed by atoms with Crippen molar-refractivity contribution in [3.8, 4) is 0 Å². The van der Waals surface area contributed by atoms with E-state index in [0.717, 1.165) is 34.7 Å². The average molecular weight is 383 g/mol. The molecule has 1 amide bonds. The third-order valence-electron chi connectivity index (χ3n) is 4.68. The van der Waals surface area contributed by atoms with Crippen LogP contribution in [-0.2, 0) is 19.1 Å². The summed E-state index contributed by atoms with van der Waals surface area (Å²) in [5.41, 5.74) is 1.24. The lowest BCUT2D eigenvalue weighted by atomic mass is 9.98. The Bertz CT molecular complexity index is 685. The molecule has 2 atom stereocenters. The summed E-state index contributed by atoms with van der Waals surface area (Å²) in [6, 6.07) is 0. The maximum absolute atomic E-state index is 12.5. The molecule has 2 rings (SSSR count). The number of piperidine rings is 1. The summed E-state index contributed by atoms with van der Waals surface area (Å²) in [5, 5.41) is 3.37. The number of anilines is 1. The number of likely N-dealkylation sites (tertiary alicyclic amines) is 1. The second kappa shape index (κ2) is 9.14. The number of aryl methyl sites for hydroxylation is 1. The van der Waals surface area contributed by atoms with Crippen molar-refractivity contribution < 1.29 is 28.8 Å². The second-order valence-corrected chi connectivity index (χ2v) is 7.72. The van der Waals surface area contributed by atoms with Gasteiger partial charge in [-0.25, -0.2) is 4.79 Å². The number of quaternary nitrogens is 1. The molecule has 7 nitrogen and oxygen atoms in total. The Balaban J connectivity index is 2.00. The van der Waals surface area contributed by atoms with E-state index in [9.17, 15) is 14.4 Å². The molecule has 0 aliphatic carbocycles. The van der Waals surface area contributed by atoms with Crippen LogP contribution in [0.3, 0.4) is 0 Å². The van der Waals surface area contributed by atoms with Gasteiger partial charge in [-0.05, 0) is 39.2 Å². The van der Waals surface area contributed by atoms with E-state index in [-0.39, 0.29) is 24.3 Å². The Kier molecular flexibility index (Phi) is 7.16. The number of ether oxygens (including phenoxy) is 2. The molecule has 2 N–H and O–H groups in total. The number of rotatable bonds is 6. The molecule has 144 valence electrons. The maximum atomic E-state index is 12.5. The van der Waals surface area contributed by atoms with Gasteiger partial charge in [0.15, 0.2) is 6.54 Å². The maximum Gasteiger partial charge on any atom is 0.341 e. The first kappa shape index (κ1) is 20.4. The fourth-order valence-corrected chi connectivity index (χ4v) is 4.30. The molecule has 0 radical (unpaired) electrons. The van der Waals surface area contributed by atoms with Crippen LogP contribution in [-0.4, -0.2) is 51.2 Å². The quantitative estimate of drug-likeness (QED) is 0.715. The first-order chi connectivity index (χ1) is 12.4. The van der Waals surface area contributed by atoms with Crippen LogP contribution in [0.25, 0.3) is 0 Å². The van der Waals surface area contributed by atoms with E-state index >= 15 is 0 Å². The average Bonchev–Trinajstić information content (AvgIpc) is 2.88. The molecule has 2 heterocycles. The van der Waals surface area contributed by atoms with Crippen molar-refractivity contribution in [2.45, 2.75) is 33.6 Å². The summed E-state index contributed by atoms with van der Waals surface area (Å²) in [4.78, 5) is 38.4. The monoisotopic (exact) mass is 383 g/mol. The summed E-state index contributed by atoms with van der Waals surface area (Å²) in [5.74, 6) is -0.947. The molecule has 1 saturated heterocycles. The van der Waals surface area contributed by atoms with Crippen molar-refractivity contribution >= 4 is 34.2 Å². The highest BCUT2D eigenvalue weighted by Gasteiger charge is 2.31. The first-order valence-corrected chi connectivity index (χ1v) is 9.67. The predicted molar refractivity (Wildman–Crippen MR) is 98.7 cm³/mol. The predicted octanol–water partition coefficient (Wildman–Crippen LogP) is 0.948. The van der Waals surface area contributed by atoms with E-state index in [4.69, 9.17) is 9.47 Å². The third-order valence-corrected chi connectivity index (χ3v) is 5.80. The summed E-state index contributed by atoms with van der Waals surface area (Å²) in [6.07, 6.45) is 1.69. The largest absolute Gasteiger partial charge is 0.466 e. The van der Waals surface area contributed by atoms with Crippen LogP contribution in [0.5, 0.6) is 0 Å². The molecule has 1 aliphatic rings. The highest BCUT2D eigenvalue weighted by molar-refractivity contribution is 7.16. The van der Waals surface area contributed by atoms with Crippen LogP contribution in [0.1, 0.15) is 40.6 Å². The van der Waals surface area contributed by atoms with Gasteiger partial charge in [0.2, 0.25) is 0 Å². The number of nitrogens with one attached hydrogen (secondary N) is 2. The highest BCUT2D eigenvalue weighted by Crippen LogP contribution is 2.32. The van der Waals surface area contributed by atoms with Gasteiger partial charge < -0.3 is 19.7 Å². The Morgan fingerprint density at radius 3 is 2.69 bits per heavy atom. The van der Waals surface area contributed by atoms with Crippen molar-refractivity contribution in [1.82, 2.24) is 0 Å². The van der Waals surface area contributed by atoms with Gasteiger partial charge in [-0.1, -0.05) is 0 Å². The zero-order valence-electron chi connectivity index (χ0n) is 15.8. The Morgan fingerprint density at radius 2 is 2.04 bits per heavy atom. The Labute approximate surface area is 157 Å². The minimum atomic E-state index is -0.449. The topological polar surface area (TPSA) is 86.1 Å². The van der Waals surface area contributed by atoms with Crippen molar-refractivity contribution in [1.29, 1.82) is 0 Å². The van der Waals surface area contributed by atoms with Crippen LogP contribution < -0.4 is 10.2 Å². The smallest absolute Gasteiger partial charge is 0.341 e. The molecule has 0 aromatic carbocycles. The van der Waals surface area contributed by atoms with Gasteiger partial charge in [-0.2, -0.15) is 0 Å².